The lowest BCUT2D eigenvalue weighted by Crippen LogP contribution is -2.50. The van der Waals surface area contributed by atoms with Crippen LogP contribution in [0.5, 0.6) is 0 Å². The highest BCUT2D eigenvalue weighted by Crippen LogP contribution is 2.36. The number of halogens is 1. The van der Waals surface area contributed by atoms with Gasteiger partial charge in [0.15, 0.2) is 0 Å². The Bertz CT molecular complexity index is 720. The van der Waals surface area contributed by atoms with Crippen LogP contribution in [0.1, 0.15) is 38.2 Å². The van der Waals surface area contributed by atoms with E-state index < -0.39 is 11.6 Å². The van der Waals surface area contributed by atoms with Crippen LogP contribution in [0.2, 0.25) is 0 Å². The van der Waals surface area contributed by atoms with Crippen LogP contribution in [-0.4, -0.2) is 59.4 Å². The molecule has 1 aromatic carbocycles. The first-order chi connectivity index (χ1) is 13.4. The maximum absolute atomic E-state index is 12.9. The number of amides is 4. The fourth-order valence-electron chi connectivity index (χ4n) is 4.07. The maximum atomic E-state index is 12.9. The molecule has 160 valence electrons. The molecule has 0 unspecified atom stereocenters. The minimum absolute atomic E-state index is 0. The quantitative estimate of drug-likeness (QED) is 0.656. The van der Waals surface area contributed by atoms with E-state index in [4.69, 9.17) is 5.73 Å². The van der Waals surface area contributed by atoms with Gasteiger partial charge in [0, 0.05) is 19.6 Å². The molecule has 0 bridgehead atoms. The summed E-state index contributed by atoms with van der Waals surface area (Å²) in [5, 5.41) is 2.87. The summed E-state index contributed by atoms with van der Waals surface area (Å²) in [5.41, 5.74) is 5.98. The van der Waals surface area contributed by atoms with Crippen molar-refractivity contribution in [2.75, 3.05) is 26.2 Å². The molecule has 1 aliphatic heterocycles. The van der Waals surface area contributed by atoms with Crippen LogP contribution in [0.4, 0.5) is 4.79 Å². The highest BCUT2D eigenvalue weighted by atomic mass is 35.5. The fraction of sp³-hybridized carbons (Fsp3) is 0.571. The number of hydrogen-bond acceptors (Lipinski definition) is 4. The van der Waals surface area contributed by atoms with Crippen molar-refractivity contribution in [2.24, 2.45) is 11.7 Å². The topological polar surface area (TPSA) is 95.7 Å². The van der Waals surface area contributed by atoms with E-state index in [1.54, 1.807) is 4.90 Å². The summed E-state index contributed by atoms with van der Waals surface area (Å²) in [7, 11) is 0. The molecular weight excluding hydrogens is 392 g/mol. The van der Waals surface area contributed by atoms with Crippen molar-refractivity contribution >= 4 is 30.3 Å². The first kappa shape index (κ1) is 23.2. The van der Waals surface area contributed by atoms with Crippen LogP contribution in [0, 0.1) is 5.92 Å². The molecule has 1 aliphatic carbocycles. The number of nitrogens with two attached hydrogens (primary N) is 1. The molecule has 8 heteroatoms. The summed E-state index contributed by atoms with van der Waals surface area (Å²) in [5.74, 6) is 0.0589. The van der Waals surface area contributed by atoms with Crippen LogP contribution in [-0.2, 0) is 16.0 Å². The highest BCUT2D eigenvalue weighted by Gasteiger charge is 2.52. The van der Waals surface area contributed by atoms with Crippen molar-refractivity contribution < 1.29 is 14.4 Å². The number of urea groups is 1. The van der Waals surface area contributed by atoms with Gasteiger partial charge in [-0.2, -0.15) is 0 Å². The van der Waals surface area contributed by atoms with E-state index >= 15 is 0 Å². The van der Waals surface area contributed by atoms with Gasteiger partial charge in [0.2, 0.25) is 5.91 Å². The van der Waals surface area contributed by atoms with Gasteiger partial charge in [-0.05, 0) is 43.6 Å². The molecule has 4 amide bonds. The summed E-state index contributed by atoms with van der Waals surface area (Å²) < 4.78 is 0. The van der Waals surface area contributed by atoms with Crippen molar-refractivity contribution in [3.8, 4) is 0 Å². The molecule has 7 nitrogen and oxygen atoms in total. The van der Waals surface area contributed by atoms with E-state index in [2.05, 4.69) is 12.2 Å². The third-order valence-corrected chi connectivity index (χ3v) is 5.93. The summed E-state index contributed by atoms with van der Waals surface area (Å²) in [6, 6.07) is 9.44. The largest absolute Gasteiger partial charge is 0.340 e. The van der Waals surface area contributed by atoms with Crippen molar-refractivity contribution in [2.45, 2.75) is 44.6 Å². The van der Waals surface area contributed by atoms with Gasteiger partial charge < -0.3 is 16.0 Å². The standard InChI is InChI=1S/C21H30N4O3.ClH/c1-16-7-10-21(11-8-16)19(27)25(20(28)23-21)15-18(26)24(14-12-22)13-9-17-5-3-2-4-6-17;/h2-6,16H,7-15,22H2,1H3,(H,23,28);1H. The van der Waals surface area contributed by atoms with E-state index in [0.717, 1.165) is 23.3 Å². The number of hydrogen-bond donors (Lipinski definition) is 2. The maximum Gasteiger partial charge on any atom is 0.325 e. The van der Waals surface area contributed by atoms with Crippen molar-refractivity contribution in [3.63, 3.8) is 0 Å². The van der Waals surface area contributed by atoms with Crippen LogP contribution in [0.3, 0.4) is 0 Å². The Hall–Kier alpha value is -2.12. The number of nitrogens with zero attached hydrogens (tertiary/aromatic N) is 2. The number of rotatable bonds is 7. The second-order valence-corrected chi connectivity index (χ2v) is 7.99. The van der Waals surface area contributed by atoms with Gasteiger partial charge in [-0.3, -0.25) is 14.5 Å². The van der Waals surface area contributed by atoms with Crippen LogP contribution >= 0.6 is 12.4 Å². The van der Waals surface area contributed by atoms with Gasteiger partial charge in [0.1, 0.15) is 12.1 Å². The number of imide groups is 1. The molecule has 29 heavy (non-hydrogen) atoms. The highest BCUT2D eigenvalue weighted by molar-refractivity contribution is 6.09. The average Bonchev–Trinajstić information content (AvgIpc) is 2.92. The number of nitrogens with one attached hydrogen (secondary N) is 1. The van der Waals surface area contributed by atoms with Crippen molar-refractivity contribution in [3.05, 3.63) is 35.9 Å². The summed E-state index contributed by atoms with van der Waals surface area (Å²) in [6.07, 6.45) is 3.80. The van der Waals surface area contributed by atoms with Crippen molar-refractivity contribution in [1.82, 2.24) is 15.1 Å². The van der Waals surface area contributed by atoms with Crippen LogP contribution < -0.4 is 11.1 Å². The Morgan fingerprint density at radius 2 is 1.86 bits per heavy atom. The lowest BCUT2D eigenvalue weighted by Gasteiger charge is -2.33. The summed E-state index contributed by atoms with van der Waals surface area (Å²) in [6.45, 7) is 3.18. The van der Waals surface area contributed by atoms with Gasteiger partial charge >= 0.3 is 6.03 Å². The molecule has 0 aromatic heterocycles. The zero-order valence-corrected chi connectivity index (χ0v) is 17.7. The number of carbonyl (C=O) groups excluding carboxylic acids is 3. The molecule has 1 spiro atoms. The molecule has 3 rings (SSSR count). The second-order valence-electron chi connectivity index (χ2n) is 7.99. The van der Waals surface area contributed by atoms with E-state index in [9.17, 15) is 14.4 Å². The molecule has 2 fully saturated rings. The average molecular weight is 423 g/mol. The predicted molar refractivity (Wildman–Crippen MR) is 114 cm³/mol. The Morgan fingerprint density at radius 1 is 1.21 bits per heavy atom. The first-order valence-electron chi connectivity index (χ1n) is 10.1. The lowest BCUT2D eigenvalue weighted by atomic mass is 9.77. The molecule has 3 N–H and O–H groups in total. The summed E-state index contributed by atoms with van der Waals surface area (Å²) in [4.78, 5) is 40.9. The normalized spacial score (nSPS) is 23.7. The zero-order valence-electron chi connectivity index (χ0n) is 16.9. The fourth-order valence-corrected chi connectivity index (χ4v) is 4.07. The van der Waals surface area contributed by atoms with E-state index in [1.165, 1.54) is 0 Å². The Labute approximate surface area is 178 Å². The molecule has 1 saturated heterocycles. The van der Waals surface area contributed by atoms with Crippen LogP contribution in [0.15, 0.2) is 30.3 Å². The van der Waals surface area contributed by atoms with E-state index in [0.29, 0.717) is 44.8 Å². The molecule has 1 aromatic rings. The molecule has 2 aliphatic rings. The third kappa shape index (κ3) is 5.28. The minimum Gasteiger partial charge on any atom is -0.340 e. The van der Waals surface area contributed by atoms with E-state index in [-0.39, 0.29) is 30.8 Å². The minimum atomic E-state index is -0.813. The smallest absolute Gasteiger partial charge is 0.325 e. The third-order valence-electron chi connectivity index (χ3n) is 5.93. The monoisotopic (exact) mass is 422 g/mol. The van der Waals surface area contributed by atoms with Gasteiger partial charge in [0.05, 0.1) is 0 Å². The number of benzene rings is 1. The molecule has 0 atom stereocenters. The van der Waals surface area contributed by atoms with Crippen LogP contribution in [0.25, 0.3) is 0 Å². The summed E-state index contributed by atoms with van der Waals surface area (Å²) >= 11 is 0. The van der Waals surface area contributed by atoms with Crippen molar-refractivity contribution in [1.29, 1.82) is 0 Å². The predicted octanol–water partition coefficient (Wildman–Crippen LogP) is 1.94. The molecular formula is C21H31ClN4O3. The Morgan fingerprint density at radius 3 is 2.48 bits per heavy atom. The Balaban J connectivity index is 0.00000300. The molecule has 0 radical (unpaired) electrons. The SMILES string of the molecule is CC1CCC2(CC1)NC(=O)N(CC(=O)N(CCN)CCc1ccccc1)C2=O.Cl. The zero-order chi connectivity index (χ0) is 20.1. The number of carbonyl (C=O) groups is 3. The lowest BCUT2D eigenvalue weighted by molar-refractivity contribution is -0.139. The molecule has 1 saturated carbocycles. The first-order valence-corrected chi connectivity index (χ1v) is 10.1. The van der Waals surface area contributed by atoms with Gasteiger partial charge in [-0.1, -0.05) is 37.3 Å². The van der Waals surface area contributed by atoms with Gasteiger partial charge in [0.25, 0.3) is 5.91 Å². The van der Waals surface area contributed by atoms with Gasteiger partial charge in [-0.15, -0.1) is 12.4 Å². The van der Waals surface area contributed by atoms with E-state index in [1.807, 2.05) is 30.3 Å². The Kier molecular flexibility index (Phi) is 8.05. The molecule has 1 heterocycles. The van der Waals surface area contributed by atoms with Gasteiger partial charge in [-0.25, -0.2) is 4.79 Å². The second kappa shape index (κ2) is 10.1.